The molecule has 0 fully saturated rings. The van der Waals surface area contributed by atoms with Gasteiger partial charge in [0, 0.05) is 0 Å². The zero-order valence-corrected chi connectivity index (χ0v) is 10.7. The molecule has 100 valence electrons. The Hall–Kier alpha value is -2.26. The van der Waals surface area contributed by atoms with E-state index in [0.717, 1.165) is 0 Å². The zero-order chi connectivity index (χ0) is 14.0. The van der Waals surface area contributed by atoms with Gasteiger partial charge in [-0.1, -0.05) is 0 Å². The maximum atomic E-state index is 11.2. The number of carbonyl (C=O) groups is 1. The van der Waals surface area contributed by atoms with Gasteiger partial charge in [-0.15, -0.1) is 5.10 Å². The third kappa shape index (κ3) is 2.77. The van der Waals surface area contributed by atoms with Crippen molar-refractivity contribution in [2.75, 3.05) is 7.11 Å². The summed E-state index contributed by atoms with van der Waals surface area (Å²) in [5, 5.41) is 8.88. The molecule has 0 spiro atoms. The first-order valence-corrected chi connectivity index (χ1v) is 6.59. The van der Waals surface area contributed by atoms with Gasteiger partial charge in [0.1, 0.15) is 6.33 Å². The minimum Gasteiger partial charge on any atom is -0.463 e. The maximum absolute atomic E-state index is 11.2. The fourth-order valence-electron chi connectivity index (χ4n) is 1.36. The van der Waals surface area contributed by atoms with Crippen LogP contribution in [-0.2, 0) is 14.8 Å². The lowest BCUT2D eigenvalue weighted by Gasteiger charge is -2.01. The van der Waals surface area contributed by atoms with Crippen molar-refractivity contribution in [1.29, 1.82) is 0 Å². The van der Waals surface area contributed by atoms with Gasteiger partial charge in [-0.2, -0.15) is 0 Å². The number of esters is 1. The molecular formula is C10H10N4O4S. The average Bonchev–Trinajstić information content (AvgIpc) is 2.86. The van der Waals surface area contributed by atoms with Gasteiger partial charge in [-0.3, -0.25) is 0 Å². The third-order valence-electron chi connectivity index (χ3n) is 2.29. The molecule has 1 heterocycles. The summed E-state index contributed by atoms with van der Waals surface area (Å²) < 4.78 is 28.0. The van der Waals surface area contributed by atoms with E-state index >= 15 is 0 Å². The molecule has 2 aromatic rings. The van der Waals surface area contributed by atoms with Gasteiger partial charge in [-0.05, 0) is 24.3 Å². The number of aromatic nitrogens is 3. The second-order valence-electron chi connectivity index (χ2n) is 3.54. The highest BCUT2D eigenvalue weighted by Gasteiger charge is 2.12. The van der Waals surface area contributed by atoms with Crippen LogP contribution in [0, 0.1) is 0 Å². The molecule has 1 aromatic carbocycles. The number of methoxy groups -OCH3 is 1. The van der Waals surface area contributed by atoms with Gasteiger partial charge in [0.05, 0.1) is 17.7 Å². The lowest BCUT2D eigenvalue weighted by Crippen LogP contribution is -2.12. The Morgan fingerprint density at radius 3 is 2.47 bits per heavy atom. The standard InChI is InChI=1S/C10H10N4O4S/c1-18-10(15)9-12-6-14(13-9)7-2-4-8(5-3-7)19(11,16)17/h2-6H,1H3,(H2,11,16,17). The fraction of sp³-hybridized carbons (Fsp3) is 0.100. The number of primary sulfonamides is 1. The van der Waals surface area contributed by atoms with Crippen LogP contribution in [0.2, 0.25) is 0 Å². The SMILES string of the molecule is COC(=O)c1ncn(-c2ccc(S(N)(=O)=O)cc2)n1. The Morgan fingerprint density at radius 2 is 1.95 bits per heavy atom. The number of nitrogens with zero attached hydrogens (tertiary/aromatic N) is 3. The first kappa shape index (κ1) is 13.2. The largest absolute Gasteiger partial charge is 0.463 e. The number of ether oxygens (including phenoxy) is 1. The lowest BCUT2D eigenvalue weighted by molar-refractivity contribution is 0.0587. The Balaban J connectivity index is 2.33. The van der Waals surface area contributed by atoms with E-state index in [-0.39, 0.29) is 10.7 Å². The highest BCUT2D eigenvalue weighted by molar-refractivity contribution is 7.89. The van der Waals surface area contributed by atoms with Crippen molar-refractivity contribution in [3.05, 3.63) is 36.4 Å². The van der Waals surface area contributed by atoms with Crippen molar-refractivity contribution >= 4 is 16.0 Å². The molecule has 0 saturated heterocycles. The van der Waals surface area contributed by atoms with Gasteiger partial charge in [0.2, 0.25) is 10.0 Å². The smallest absolute Gasteiger partial charge is 0.377 e. The molecule has 9 heteroatoms. The van der Waals surface area contributed by atoms with Crippen molar-refractivity contribution in [2.24, 2.45) is 5.14 Å². The Morgan fingerprint density at radius 1 is 1.32 bits per heavy atom. The summed E-state index contributed by atoms with van der Waals surface area (Å²) in [5.74, 6) is -0.738. The monoisotopic (exact) mass is 282 g/mol. The number of carbonyl (C=O) groups excluding carboxylic acids is 1. The Labute approximate surface area is 108 Å². The molecule has 0 aliphatic heterocycles. The summed E-state index contributed by atoms with van der Waals surface area (Å²) >= 11 is 0. The van der Waals surface area contributed by atoms with Crippen molar-refractivity contribution in [1.82, 2.24) is 14.8 Å². The lowest BCUT2D eigenvalue weighted by atomic mass is 10.3. The normalized spacial score (nSPS) is 11.3. The van der Waals surface area contributed by atoms with E-state index in [1.165, 1.54) is 42.4 Å². The van der Waals surface area contributed by atoms with E-state index < -0.39 is 16.0 Å². The van der Waals surface area contributed by atoms with Crippen LogP contribution in [0.25, 0.3) is 5.69 Å². The van der Waals surface area contributed by atoms with E-state index in [2.05, 4.69) is 14.8 Å². The molecule has 0 radical (unpaired) electrons. The summed E-state index contributed by atoms with van der Waals surface area (Å²) in [7, 11) is -2.51. The zero-order valence-electron chi connectivity index (χ0n) is 9.85. The minimum absolute atomic E-state index is 0.00967. The third-order valence-corrected chi connectivity index (χ3v) is 3.22. The van der Waals surface area contributed by atoms with Crippen molar-refractivity contribution in [3.8, 4) is 5.69 Å². The van der Waals surface area contributed by atoms with E-state index in [1.807, 2.05) is 0 Å². The van der Waals surface area contributed by atoms with Crippen LogP contribution in [0.15, 0.2) is 35.5 Å². The summed E-state index contributed by atoms with van der Waals surface area (Å²) in [4.78, 5) is 14.9. The molecule has 8 nitrogen and oxygen atoms in total. The first-order valence-electron chi connectivity index (χ1n) is 5.05. The first-order chi connectivity index (χ1) is 8.91. The van der Waals surface area contributed by atoms with Crippen LogP contribution < -0.4 is 5.14 Å². The van der Waals surface area contributed by atoms with Crippen LogP contribution in [0.5, 0.6) is 0 Å². The Kier molecular flexibility index (Phi) is 3.32. The summed E-state index contributed by atoms with van der Waals surface area (Å²) in [6.45, 7) is 0. The molecule has 0 aliphatic rings. The number of rotatable bonds is 3. The molecule has 19 heavy (non-hydrogen) atoms. The predicted molar refractivity (Wildman–Crippen MR) is 64.1 cm³/mol. The second-order valence-corrected chi connectivity index (χ2v) is 5.10. The average molecular weight is 282 g/mol. The molecule has 0 bridgehead atoms. The van der Waals surface area contributed by atoms with Gasteiger partial charge in [0.15, 0.2) is 0 Å². The summed E-state index contributed by atoms with van der Waals surface area (Å²) in [6, 6.07) is 5.67. The Bertz CT molecular complexity index is 705. The van der Waals surface area contributed by atoms with Gasteiger partial charge < -0.3 is 4.74 Å². The van der Waals surface area contributed by atoms with E-state index in [9.17, 15) is 13.2 Å². The number of sulfonamides is 1. The van der Waals surface area contributed by atoms with Crippen LogP contribution >= 0.6 is 0 Å². The number of benzene rings is 1. The predicted octanol–water partition coefficient (Wildman–Crippen LogP) is -0.299. The number of hydrogen-bond acceptors (Lipinski definition) is 6. The highest BCUT2D eigenvalue weighted by Crippen LogP contribution is 2.11. The van der Waals surface area contributed by atoms with Crippen molar-refractivity contribution in [3.63, 3.8) is 0 Å². The van der Waals surface area contributed by atoms with Gasteiger partial charge >= 0.3 is 5.97 Å². The maximum Gasteiger partial charge on any atom is 0.377 e. The molecule has 0 amide bonds. The molecule has 2 rings (SSSR count). The van der Waals surface area contributed by atoms with Gasteiger partial charge in [0.25, 0.3) is 5.82 Å². The molecular weight excluding hydrogens is 272 g/mol. The molecule has 0 aliphatic carbocycles. The van der Waals surface area contributed by atoms with Crippen LogP contribution in [0.1, 0.15) is 10.6 Å². The fourth-order valence-corrected chi connectivity index (χ4v) is 1.88. The van der Waals surface area contributed by atoms with E-state index in [4.69, 9.17) is 5.14 Å². The van der Waals surface area contributed by atoms with Gasteiger partial charge in [-0.25, -0.2) is 28.0 Å². The molecule has 0 atom stereocenters. The van der Waals surface area contributed by atoms with Crippen LogP contribution in [-0.4, -0.2) is 36.3 Å². The van der Waals surface area contributed by atoms with Crippen LogP contribution in [0.4, 0.5) is 0 Å². The highest BCUT2D eigenvalue weighted by atomic mass is 32.2. The van der Waals surface area contributed by atoms with E-state index in [0.29, 0.717) is 5.69 Å². The minimum atomic E-state index is -3.73. The summed E-state index contributed by atoms with van der Waals surface area (Å²) in [5.41, 5.74) is 0.537. The molecule has 2 N–H and O–H groups in total. The number of hydrogen-bond donors (Lipinski definition) is 1. The van der Waals surface area contributed by atoms with Crippen LogP contribution in [0.3, 0.4) is 0 Å². The quantitative estimate of drug-likeness (QED) is 0.772. The van der Waals surface area contributed by atoms with E-state index in [1.54, 1.807) is 0 Å². The van der Waals surface area contributed by atoms with Crippen molar-refractivity contribution < 1.29 is 17.9 Å². The molecule has 0 saturated carbocycles. The second kappa shape index (κ2) is 4.78. The summed E-state index contributed by atoms with van der Waals surface area (Å²) in [6.07, 6.45) is 1.32. The molecule has 0 unspecified atom stereocenters. The number of nitrogens with two attached hydrogens (primary N) is 1. The molecule has 1 aromatic heterocycles. The topological polar surface area (TPSA) is 117 Å². The van der Waals surface area contributed by atoms with Crippen molar-refractivity contribution in [2.45, 2.75) is 4.90 Å².